The third-order valence-corrected chi connectivity index (χ3v) is 7.96. The first-order chi connectivity index (χ1) is 18.0. The minimum atomic E-state index is -1.26. The van der Waals surface area contributed by atoms with Crippen LogP contribution >= 0.6 is 0 Å². The number of hydrogen-bond acceptors (Lipinski definition) is 2. The number of fused-ring (bicyclic) bond motifs is 3. The molecule has 0 amide bonds. The van der Waals surface area contributed by atoms with Crippen molar-refractivity contribution in [2.45, 2.75) is 77.2 Å². The highest BCUT2D eigenvalue weighted by Gasteiger charge is 2.42. The topological polar surface area (TPSA) is 37.3 Å². The number of rotatable bonds is 10. The monoisotopic (exact) mass is 490 g/mol. The highest BCUT2D eigenvalue weighted by atomic mass is 16.3. The minimum Gasteiger partial charge on any atom is -0.380 e. The molecule has 2 nitrogen and oxygen atoms in total. The summed E-state index contributed by atoms with van der Waals surface area (Å²) in [6.45, 7) is 4.41. The van der Waals surface area contributed by atoms with E-state index in [4.69, 9.17) is 0 Å². The molecule has 1 N–H and O–H groups in total. The Morgan fingerprint density at radius 2 is 1.16 bits per heavy atom. The highest BCUT2D eigenvalue weighted by molar-refractivity contribution is 6.13. The second kappa shape index (κ2) is 11.0. The summed E-state index contributed by atoms with van der Waals surface area (Å²) in [6, 6.07) is 27.0. The van der Waals surface area contributed by atoms with Crippen molar-refractivity contribution in [3.8, 4) is 0 Å². The van der Waals surface area contributed by atoms with Crippen molar-refractivity contribution in [1.29, 1.82) is 0 Å². The molecular formula is C35H38O2. The number of ketones is 1. The fraction of sp³-hybridized carbons (Fsp3) is 0.343. The van der Waals surface area contributed by atoms with Crippen LogP contribution in [-0.4, -0.2) is 10.9 Å². The van der Waals surface area contributed by atoms with E-state index in [0.29, 0.717) is 17.5 Å². The third kappa shape index (κ3) is 5.13. The van der Waals surface area contributed by atoms with Crippen molar-refractivity contribution in [1.82, 2.24) is 0 Å². The van der Waals surface area contributed by atoms with Gasteiger partial charge < -0.3 is 5.11 Å². The molecule has 0 atom stereocenters. The number of benzene rings is 4. The summed E-state index contributed by atoms with van der Waals surface area (Å²) in [5, 5.41) is 14.8. The number of aliphatic hydroxyl groups is 1. The summed E-state index contributed by atoms with van der Waals surface area (Å²) < 4.78 is 0. The lowest BCUT2D eigenvalue weighted by molar-refractivity contribution is 0.0720. The highest BCUT2D eigenvalue weighted by Crippen LogP contribution is 2.43. The second-order valence-corrected chi connectivity index (χ2v) is 10.7. The van der Waals surface area contributed by atoms with Crippen molar-refractivity contribution >= 4 is 16.6 Å². The summed E-state index contributed by atoms with van der Waals surface area (Å²) in [5.41, 5.74) is 4.95. The number of unbranched alkanes of at least 4 members (excludes halogenated alkanes) is 4. The van der Waals surface area contributed by atoms with Crippen molar-refractivity contribution in [3.05, 3.63) is 118 Å². The first-order valence-corrected chi connectivity index (χ1v) is 14.0. The predicted octanol–water partition coefficient (Wildman–Crippen LogP) is 8.33. The fourth-order valence-corrected chi connectivity index (χ4v) is 5.87. The Morgan fingerprint density at radius 3 is 1.73 bits per heavy atom. The fourth-order valence-electron chi connectivity index (χ4n) is 5.87. The molecule has 0 unspecified atom stereocenters. The molecule has 1 aliphatic carbocycles. The molecule has 0 heterocycles. The summed E-state index contributed by atoms with van der Waals surface area (Å²) in [7, 11) is 0. The van der Waals surface area contributed by atoms with Crippen LogP contribution in [0, 0.1) is 0 Å². The maximum Gasteiger partial charge on any atom is 0.193 e. The summed E-state index contributed by atoms with van der Waals surface area (Å²) >= 11 is 0. The van der Waals surface area contributed by atoms with E-state index < -0.39 is 5.60 Å². The molecule has 2 heteroatoms. The van der Waals surface area contributed by atoms with E-state index in [-0.39, 0.29) is 5.78 Å². The van der Waals surface area contributed by atoms with Crippen LogP contribution in [0.4, 0.5) is 0 Å². The van der Waals surface area contributed by atoms with Gasteiger partial charge in [-0.1, -0.05) is 106 Å². The third-order valence-electron chi connectivity index (χ3n) is 7.96. The SMILES string of the molecule is CCCCCc1ccc2c(c1)C(=O)c1cc(CCCCC)ccc1C2(O)Cc1ccc2ccccc2c1. The van der Waals surface area contributed by atoms with Crippen molar-refractivity contribution < 1.29 is 9.90 Å². The molecule has 37 heavy (non-hydrogen) atoms. The summed E-state index contributed by atoms with van der Waals surface area (Å²) in [4.78, 5) is 13.9. The number of aryl methyl sites for hydroxylation is 2. The van der Waals surface area contributed by atoms with E-state index in [1.54, 1.807) is 0 Å². The molecule has 1 aliphatic rings. The Balaban J connectivity index is 1.59. The smallest absolute Gasteiger partial charge is 0.193 e. The van der Waals surface area contributed by atoms with E-state index in [2.05, 4.69) is 56.3 Å². The molecule has 0 radical (unpaired) electrons. The summed E-state index contributed by atoms with van der Waals surface area (Å²) in [6.07, 6.45) is 9.28. The lowest BCUT2D eigenvalue weighted by atomic mass is 9.70. The van der Waals surface area contributed by atoms with Gasteiger partial charge >= 0.3 is 0 Å². The van der Waals surface area contributed by atoms with Crippen LogP contribution in [0.2, 0.25) is 0 Å². The molecular weight excluding hydrogens is 452 g/mol. The molecule has 0 aliphatic heterocycles. The van der Waals surface area contributed by atoms with Gasteiger partial charge in [0.15, 0.2) is 5.78 Å². The van der Waals surface area contributed by atoms with Crippen molar-refractivity contribution in [2.75, 3.05) is 0 Å². The van der Waals surface area contributed by atoms with Crippen LogP contribution in [0.25, 0.3) is 10.8 Å². The Labute approximate surface area is 221 Å². The normalized spacial score (nSPS) is 14.0. The zero-order valence-corrected chi connectivity index (χ0v) is 22.2. The van der Waals surface area contributed by atoms with Gasteiger partial charge in [0.05, 0.1) is 0 Å². The predicted molar refractivity (Wildman–Crippen MR) is 153 cm³/mol. The molecule has 190 valence electrons. The lowest BCUT2D eigenvalue weighted by Gasteiger charge is -2.37. The van der Waals surface area contributed by atoms with Crippen LogP contribution in [-0.2, 0) is 24.9 Å². The Bertz CT molecular complexity index is 1350. The van der Waals surface area contributed by atoms with E-state index >= 15 is 0 Å². The average Bonchev–Trinajstić information content (AvgIpc) is 2.92. The molecule has 4 aromatic carbocycles. The van der Waals surface area contributed by atoms with E-state index in [0.717, 1.165) is 47.8 Å². The van der Waals surface area contributed by atoms with Gasteiger partial charge in [-0.15, -0.1) is 0 Å². The summed E-state index contributed by atoms with van der Waals surface area (Å²) in [5.74, 6) is 0.0443. The van der Waals surface area contributed by atoms with Crippen molar-refractivity contribution in [2.24, 2.45) is 0 Å². The maximum atomic E-state index is 13.9. The minimum absolute atomic E-state index is 0.0443. The maximum absolute atomic E-state index is 13.9. The van der Waals surface area contributed by atoms with Gasteiger partial charge in [-0.25, -0.2) is 0 Å². The average molecular weight is 491 g/mol. The van der Waals surface area contributed by atoms with Gasteiger partial charge in [-0.05, 0) is 76.4 Å². The molecule has 0 bridgehead atoms. The Kier molecular flexibility index (Phi) is 7.58. The van der Waals surface area contributed by atoms with Gasteiger partial charge in [0.1, 0.15) is 5.60 Å². The molecule has 4 aromatic rings. The van der Waals surface area contributed by atoms with Gasteiger partial charge in [0.25, 0.3) is 0 Å². The van der Waals surface area contributed by atoms with Crippen LogP contribution in [0.15, 0.2) is 78.9 Å². The van der Waals surface area contributed by atoms with Gasteiger partial charge in [-0.3, -0.25) is 4.79 Å². The molecule has 0 saturated heterocycles. The quantitative estimate of drug-likeness (QED) is 0.227. The van der Waals surface area contributed by atoms with Gasteiger partial charge in [-0.2, -0.15) is 0 Å². The zero-order chi connectivity index (χ0) is 25.8. The first-order valence-electron chi connectivity index (χ1n) is 14.0. The largest absolute Gasteiger partial charge is 0.380 e. The van der Waals surface area contributed by atoms with E-state index in [1.165, 1.54) is 42.2 Å². The van der Waals surface area contributed by atoms with Crippen LogP contribution in [0.1, 0.15) is 96.1 Å². The van der Waals surface area contributed by atoms with E-state index in [9.17, 15) is 9.90 Å². The number of hydrogen-bond donors (Lipinski definition) is 1. The van der Waals surface area contributed by atoms with Crippen molar-refractivity contribution in [3.63, 3.8) is 0 Å². The molecule has 0 saturated carbocycles. The lowest BCUT2D eigenvalue weighted by Crippen LogP contribution is -2.38. The molecule has 0 aromatic heterocycles. The Morgan fingerprint density at radius 1 is 0.622 bits per heavy atom. The molecule has 0 fully saturated rings. The van der Waals surface area contributed by atoms with Crippen LogP contribution in [0.5, 0.6) is 0 Å². The van der Waals surface area contributed by atoms with E-state index in [1.807, 2.05) is 36.4 Å². The van der Waals surface area contributed by atoms with Crippen LogP contribution in [0.3, 0.4) is 0 Å². The first kappa shape index (κ1) is 25.4. The molecule has 0 spiro atoms. The van der Waals surface area contributed by atoms with Gasteiger partial charge in [0, 0.05) is 17.5 Å². The zero-order valence-electron chi connectivity index (χ0n) is 22.2. The molecule has 5 rings (SSSR count). The number of carbonyl (C=O) groups is 1. The van der Waals surface area contributed by atoms with Crippen LogP contribution < -0.4 is 0 Å². The second-order valence-electron chi connectivity index (χ2n) is 10.7. The Hall–Kier alpha value is -3.23. The number of carbonyl (C=O) groups excluding carboxylic acids is 1. The standard InChI is InChI=1S/C35H38O2/c1-3-5-7-11-25-16-19-32-30(22-25)34(36)31-23-26(12-8-6-4-2)17-20-33(31)35(32,37)24-27-15-18-28-13-9-10-14-29(28)21-27/h9-10,13-23,37H,3-8,11-12,24H2,1-2H3. The van der Waals surface area contributed by atoms with Gasteiger partial charge in [0.2, 0.25) is 0 Å².